The smallest absolute Gasteiger partial charge is 0.275 e. The Bertz CT molecular complexity index is 470. The summed E-state index contributed by atoms with van der Waals surface area (Å²) in [6, 6.07) is 4.98. The zero-order valence-electron chi connectivity index (χ0n) is 10.6. The van der Waals surface area contributed by atoms with Crippen LogP contribution < -0.4 is 0 Å². The van der Waals surface area contributed by atoms with Crippen LogP contribution in [0.15, 0.2) is 24.3 Å². The Hall–Kier alpha value is -1.56. The van der Waals surface area contributed by atoms with E-state index < -0.39 is 11.7 Å². The lowest BCUT2D eigenvalue weighted by Crippen LogP contribution is -2.27. The molecule has 1 aromatic carbocycles. The molecule has 0 saturated heterocycles. The largest absolute Gasteiger partial charge is 0.416 e. The van der Waals surface area contributed by atoms with E-state index in [0.29, 0.717) is 6.42 Å². The lowest BCUT2D eigenvalue weighted by Gasteiger charge is -2.13. The number of carbonyl (C=O) groups excluding carboxylic acids is 1. The van der Waals surface area contributed by atoms with Crippen LogP contribution in [0.3, 0.4) is 0 Å². The van der Waals surface area contributed by atoms with Crippen molar-refractivity contribution in [2.45, 2.75) is 18.5 Å². The summed E-state index contributed by atoms with van der Waals surface area (Å²) in [5.41, 5.74) is 0.0876. The number of benzene rings is 1. The average molecular weight is 273 g/mol. The van der Waals surface area contributed by atoms with Gasteiger partial charge in [0.1, 0.15) is 0 Å². The highest BCUT2D eigenvalue weighted by Gasteiger charge is 2.45. The van der Waals surface area contributed by atoms with Crippen LogP contribution in [0.4, 0.5) is 13.2 Å². The quantitative estimate of drug-likeness (QED) is 0.792. The van der Waals surface area contributed by atoms with Gasteiger partial charge in [0.2, 0.25) is 5.91 Å². The van der Waals surface area contributed by atoms with Crippen LogP contribution in [0, 0.1) is 5.92 Å². The number of carbonyl (C=O) groups is 1. The molecule has 0 heterocycles. The highest BCUT2D eigenvalue weighted by molar-refractivity contribution is 5.81. The summed E-state index contributed by atoms with van der Waals surface area (Å²) in [6.45, 7) is 0. The number of hydrogen-bond acceptors (Lipinski definition) is 2. The molecule has 1 saturated carbocycles. The van der Waals surface area contributed by atoms with E-state index in [1.54, 1.807) is 0 Å². The minimum Gasteiger partial charge on any atom is -0.275 e. The molecule has 3 nitrogen and oxygen atoms in total. The highest BCUT2D eigenvalue weighted by atomic mass is 19.4. The second-order valence-electron chi connectivity index (χ2n) is 4.59. The Kier molecular flexibility index (Phi) is 3.54. The Balaban J connectivity index is 2.04. The number of nitrogens with zero attached hydrogens (tertiary/aromatic N) is 1. The molecular weight excluding hydrogens is 259 g/mol. The van der Waals surface area contributed by atoms with Gasteiger partial charge in [0.05, 0.1) is 12.7 Å². The summed E-state index contributed by atoms with van der Waals surface area (Å²) in [5.74, 6) is -0.346. The molecule has 0 spiro atoms. The highest BCUT2D eigenvalue weighted by Crippen LogP contribution is 2.48. The van der Waals surface area contributed by atoms with Crippen molar-refractivity contribution in [3.63, 3.8) is 0 Å². The molecule has 104 valence electrons. The first-order valence-corrected chi connectivity index (χ1v) is 5.83. The maximum atomic E-state index is 12.4. The second-order valence-corrected chi connectivity index (χ2v) is 4.59. The average Bonchev–Trinajstić information content (AvgIpc) is 3.16. The first-order chi connectivity index (χ1) is 8.84. The standard InChI is InChI=1S/C13H14F3NO2/c1-17(19-2)12(18)11-7-10(11)8-3-5-9(6-4-8)13(14,15)16/h3-6,10-11H,7H2,1-2H3/t10-,11+/m0/s1. The molecule has 1 amide bonds. The van der Waals surface area contributed by atoms with E-state index in [0.717, 1.165) is 22.8 Å². The van der Waals surface area contributed by atoms with Gasteiger partial charge >= 0.3 is 6.18 Å². The molecule has 0 bridgehead atoms. The number of rotatable bonds is 3. The minimum absolute atomic E-state index is 0.00705. The molecular formula is C13H14F3NO2. The van der Waals surface area contributed by atoms with Gasteiger partial charge in [-0.1, -0.05) is 12.1 Å². The van der Waals surface area contributed by atoms with Crippen LogP contribution >= 0.6 is 0 Å². The first-order valence-electron chi connectivity index (χ1n) is 5.83. The molecule has 1 aromatic rings. The molecule has 0 radical (unpaired) electrons. The lowest BCUT2D eigenvalue weighted by atomic mass is 10.1. The van der Waals surface area contributed by atoms with Gasteiger partial charge in [0.25, 0.3) is 0 Å². The summed E-state index contributed by atoms with van der Waals surface area (Å²) < 4.78 is 37.2. The first kappa shape index (κ1) is 13.9. The summed E-state index contributed by atoms with van der Waals surface area (Å²) in [5, 5.41) is 1.15. The summed E-state index contributed by atoms with van der Waals surface area (Å²) in [7, 11) is 2.91. The number of alkyl halides is 3. The van der Waals surface area contributed by atoms with Gasteiger partial charge in [-0.2, -0.15) is 13.2 Å². The predicted octanol–water partition coefficient (Wildman–Crippen LogP) is 2.83. The normalized spacial score (nSPS) is 22.2. The van der Waals surface area contributed by atoms with Crippen molar-refractivity contribution in [1.82, 2.24) is 5.06 Å². The molecule has 1 fully saturated rings. The van der Waals surface area contributed by atoms with E-state index in [9.17, 15) is 18.0 Å². The van der Waals surface area contributed by atoms with Gasteiger partial charge < -0.3 is 0 Å². The monoisotopic (exact) mass is 273 g/mol. The second kappa shape index (κ2) is 4.85. The maximum absolute atomic E-state index is 12.4. The van der Waals surface area contributed by atoms with Gasteiger partial charge in [-0.25, -0.2) is 5.06 Å². The van der Waals surface area contributed by atoms with Crippen LogP contribution in [-0.2, 0) is 15.8 Å². The van der Waals surface area contributed by atoms with E-state index in [4.69, 9.17) is 4.84 Å². The van der Waals surface area contributed by atoms with Crippen molar-refractivity contribution in [3.05, 3.63) is 35.4 Å². The summed E-state index contributed by atoms with van der Waals surface area (Å²) in [6.07, 6.45) is -3.68. The Morgan fingerprint density at radius 3 is 2.37 bits per heavy atom. The molecule has 0 aliphatic heterocycles. The molecule has 2 atom stereocenters. The van der Waals surface area contributed by atoms with Gasteiger partial charge in [0.15, 0.2) is 0 Å². The minimum atomic E-state index is -4.33. The SMILES string of the molecule is CON(C)C(=O)[C@@H]1C[C@H]1c1ccc(C(F)(F)F)cc1. The van der Waals surface area contributed by atoms with Crippen LogP contribution in [0.25, 0.3) is 0 Å². The third kappa shape index (κ3) is 2.89. The Labute approximate surface area is 108 Å². The molecule has 0 unspecified atom stereocenters. The molecule has 0 aromatic heterocycles. The molecule has 6 heteroatoms. The zero-order valence-corrected chi connectivity index (χ0v) is 10.6. The van der Waals surface area contributed by atoms with Crippen molar-refractivity contribution in [1.29, 1.82) is 0 Å². The van der Waals surface area contributed by atoms with Crippen LogP contribution in [0.1, 0.15) is 23.5 Å². The molecule has 19 heavy (non-hydrogen) atoms. The van der Waals surface area contributed by atoms with Gasteiger partial charge in [-0.05, 0) is 30.0 Å². The van der Waals surface area contributed by atoms with E-state index in [-0.39, 0.29) is 17.7 Å². The van der Waals surface area contributed by atoms with E-state index in [1.165, 1.54) is 26.3 Å². The topological polar surface area (TPSA) is 29.5 Å². The Morgan fingerprint density at radius 2 is 1.89 bits per heavy atom. The van der Waals surface area contributed by atoms with Gasteiger partial charge in [-0.15, -0.1) is 0 Å². The van der Waals surface area contributed by atoms with E-state index in [2.05, 4.69) is 0 Å². The number of hydroxylamine groups is 2. The molecule has 0 N–H and O–H groups in total. The van der Waals surface area contributed by atoms with Crippen molar-refractivity contribution in [2.75, 3.05) is 14.2 Å². The zero-order chi connectivity index (χ0) is 14.2. The number of hydrogen-bond donors (Lipinski definition) is 0. The van der Waals surface area contributed by atoms with Crippen molar-refractivity contribution in [3.8, 4) is 0 Å². The fourth-order valence-corrected chi connectivity index (χ4v) is 2.08. The van der Waals surface area contributed by atoms with Crippen LogP contribution in [-0.4, -0.2) is 25.1 Å². The van der Waals surface area contributed by atoms with E-state index >= 15 is 0 Å². The van der Waals surface area contributed by atoms with Crippen molar-refractivity contribution >= 4 is 5.91 Å². The number of amides is 1. The predicted molar refractivity (Wildman–Crippen MR) is 62.1 cm³/mol. The molecule has 2 rings (SSSR count). The fourth-order valence-electron chi connectivity index (χ4n) is 2.08. The van der Waals surface area contributed by atoms with Gasteiger partial charge in [0, 0.05) is 13.0 Å². The van der Waals surface area contributed by atoms with E-state index in [1.807, 2.05) is 0 Å². The van der Waals surface area contributed by atoms with Crippen molar-refractivity contribution < 1.29 is 22.8 Å². The molecule has 1 aliphatic carbocycles. The van der Waals surface area contributed by atoms with Crippen LogP contribution in [0.2, 0.25) is 0 Å². The van der Waals surface area contributed by atoms with Gasteiger partial charge in [-0.3, -0.25) is 9.63 Å². The third-order valence-corrected chi connectivity index (χ3v) is 3.36. The van der Waals surface area contributed by atoms with Crippen LogP contribution in [0.5, 0.6) is 0 Å². The number of halogens is 3. The fraction of sp³-hybridized carbons (Fsp3) is 0.462. The maximum Gasteiger partial charge on any atom is 0.416 e. The summed E-state index contributed by atoms with van der Waals surface area (Å²) in [4.78, 5) is 16.6. The Morgan fingerprint density at radius 1 is 1.32 bits per heavy atom. The van der Waals surface area contributed by atoms with Crippen molar-refractivity contribution in [2.24, 2.45) is 5.92 Å². The lowest BCUT2D eigenvalue weighted by molar-refractivity contribution is -0.170. The molecule has 1 aliphatic rings. The summed E-state index contributed by atoms with van der Waals surface area (Å²) >= 11 is 0. The third-order valence-electron chi connectivity index (χ3n) is 3.36.